The zero-order valence-corrected chi connectivity index (χ0v) is 23.1. The first kappa shape index (κ1) is 31.1. The van der Waals surface area contributed by atoms with Crippen LogP contribution in [0.2, 0.25) is 0 Å². The average molecular weight is 552 g/mol. The molecule has 12 heteroatoms. The fourth-order valence-corrected chi connectivity index (χ4v) is 4.75. The molecule has 1 aliphatic heterocycles. The number of carboxylic acids is 1. The van der Waals surface area contributed by atoms with E-state index in [1.54, 1.807) is 45.0 Å². The number of carbonyl (C=O) groups is 5. The van der Waals surface area contributed by atoms with Crippen LogP contribution in [0.5, 0.6) is 5.75 Å². The summed E-state index contributed by atoms with van der Waals surface area (Å²) in [4.78, 5) is 60.1. The largest absolute Gasteiger partial charge is 0.492 e. The van der Waals surface area contributed by atoms with Gasteiger partial charge in [-0.15, -0.1) is 0 Å². The molecule has 1 fully saturated rings. The summed E-state index contributed by atoms with van der Waals surface area (Å²) in [6, 6.07) is 6.10. The number of aliphatic carboxylic acids is 1. The second-order valence-electron chi connectivity index (χ2n) is 10.7. The minimum absolute atomic E-state index is 0.0434. The van der Waals surface area contributed by atoms with Gasteiger partial charge in [-0.3, -0.25) is 24.5 Å². The van der Waals surface area contributed by atoms with E-state index < -0.39 is 46.5 Å². The zero-order valence-electron chi connectivity index (χ0n) is 22.3. The lowest BCUT2D eigenvalue weighted by Crippen LogP contribution is -2.56. The summed E-state index contributed by atoms with van der Waals surface area (Å²) in [7, 11) is 0. The van der Waals surface area contributed by atoms with Crippen molar-refractivity contribution in [3.8, 4) is 5.75 Å². The number of hydrogen-bond acceptors (Lipinski definition) is 8. The predicted octanol–water partition coefficient (Wildman–Crippen LogP) is 1.71. The number of amides is 4. The van der Waals surface area contributed by atoms with E-state index in [0.29, 0.717) is 12.2 Å². The van der Waals surface area contributed by atoms with E-state index in [-0.39, 0.29) is 36.6 Å². The molecule has 1 aromatic rings. The highest BCUT2D eigenvalue weighted by atomic mass is 32.2. The fraction of sp³-hybridized carbons (Fsp3) is 0.577. The normalized spacial score (nSPS) is 17.9. The Morgan fingerprint density at radius 1 is 1.11 bits per heavy atom. The lowest BCUT2D eigenvalue weighted by atomic mass is 9.84. The molecule has 0 radical (unpaired) electrons. The van der Waals surface area contributed by atoms with Crippen LogP contribution in [0.4, 0.5) is 4.79 Å². The molecule has 0 aromatic heterocycles. The van der Waals surface area contributed by atoms with E-state index in [4.69, 9.17) is 4.74 Å². The number of aliphatic hydroxyl groups is 1. The van der Waals surface area contributed by atoms with Gasteiger partial charge in [-0.1, -0.05) is 58.5 Å². The third-order valence-electron chi connectivity index (χ3n) is 5.89. The highest BCUT2D eigenvalue weighted by Gasteiger charge is 2.38. The Kier molecular flexibility index (Phi) is 11.1. The van der Waals surface area contributed by atoms with Crippen molar-refractivity contribution >= 4 is 40.7 Å². The highest BCUT2D eigenvalue weighted by Crippen LogP contribution is 2.24. The van der Waals surface area contributed by atoms with Gasteiger partial charge in [-0.25, -0.2) is 4.79 Å². The SMILES string of the molecule is CC(C)CC(C(=O)N[C@H](C(=O)NCCOc1ccc(CC2SC(=O)NC2=O)cc1)C(C)(C)C)[C@H](O)C(=O)O. The third-order valence-corrected chi connectivity index (χ3v) is 6.87. The number of thioether (sulfide) groups is 1. The molecule has 38 heavy (non-hydrogen) atoms. The van der Waals surface area contributed by atoms with Gasteiger partial charge in [0.15, 0.2) is 6.10 Å². The molecule has 0 spiro atoms. The van der Waals surface area contributed by atoms with Gasteiger partial charge in [-0.05, 0) is 41.9 Å². The first-order valence-corrected chi connectivity index (χ1v) is 13.3. The highest BCUT2D eigenvalue weighted by molar-refractivity contribution is 8.15. The lowest BCUT2D eigenvalue weighted by Gasteiger charge is -2.32. The Morgan fingerprint density at radius 3 is 2.24 bits per heavy atom. The van der Waals surface area contributed by atoms with Gasteiger partial charge in [0.25, 0.3) is 5.24 Å². The lowest BCUT2D eigenvalue weighted by molar-refractivity contribution is -0.154. The number of nitrogens with one attached hydrogen (secondary N) is 3. The second-order valence-corrected chi connectivity index (χ2v) is 11.9. The fourth-order valence-electron chi connectivity index (χ4n) is 3.89. The van der Waals surface area contributed by atoms with Crippen molar-refractivity contribution in [1.29, 1.82) is 0 Å². The van der Waals surface area contributed by atoms with Crippen LogP contribution in [0.3, 0.4) is 0 Å². The van der Waals surface area contributed by atoms with Crippen molar-refractivity contribution in [2.75, 3.05) is 13.2 Å². The topological polar surface area (TPSA) is 171 Å². The van der Waals surface area contributed by atoms with E-state index >= 15 is 0 Å². The molecule has 0 aliphatic carbocycles. The molecule has 0 saturated carbocycles. The number of rotatable bonds is 13. The first-order valence-electron chi connectivity index (χ1n) is 12.4. The summed E-state index contributed by atoms with van der Waals surface area (Å²) in [5.41, 5.74) is 0.187. The number of imide groups is 1. The number of benzene rings is 1. The Hall–Kier alpha value is -3.12. The van der Waals surface area contributed by atoms with Crippen molar-refractivity contribution in [2.24, 2.45) is 17.3 Å². The molecule has 1 saturated heterocycles. The molecule has 11 nitrogen and oxygen atoms in total. The summed E-state index contributed by atoms with van der Waals surface area (Å²) in [6.45, 7) is 9.23. The Bertz CT molecular complexity index is 1020. The van der Waals surface area contributed by atoms with Crippen LogP contribution in [0.1, 0.15) is 46.6 Å². The van der Waals surface area contributed by atoms with E-state index in [2.05, 4.69) is 16.0 Å². The standard InChI is InChI=1S/C26H37N3O8S/c1-14(2)12-17(19(30)24(34)35)21(31)28-20(26(3,4)5)23(33)27-10-11-37-16-8-6-15(7-9-16)13-18-22(32)29-25(36)38-18/h6-9,14,17-20,30H,10-13H2,1-5H3,(H,27,33)(H,28,31)(H,34,35)(H,29,32,36)/t17?,18?,19-,20+/m0/s1. The summed E-state index contributed by atoms with van der Waals surface area (Å²) in [5, 5.41) is 26.1. The second kappa shape index (κ2) is 13.6. The van der Waals surface area contributed by atoms with E-state index in [1.165, 1.54) is 0 Å². The van der Waals surface area contributed by atoms with Crippen LogP contribution >= 0.6 is 11.8 Å². The number of aliphatic hydroxyl groups excluding tert-OH is 1. The van der Waals surface area contributed by atoms with Gasteiger partial charge in [0.1, 0.15) is 18.4 Å². The maximum Gasteiger partial charge on any atom is 0.333 e. The first-order chi connectivity index (χ1) is 17.7. The number of ether oxygens (including phenoxy) is 1. The molecule has 1 aromatic carbocycles. The van der Waals surface area contributed by atoms with Crippen LogP contribution in [0.15, 0.2) is 24.3 Å². The van der Waals surface area contributed by atoms with Crippen molar-refractivity contribution in [3.63, 3.8) is 0 Å². The molecule has 2 rings (SSSR count). The smallest absolute Gasteiger partial charge is 0.333 e. The van der Waals surface area contributed by atoms with Crippen LogP contribution in [-0.4, -0.2) is 69.7 Å². The molecule has 4 amide bonds. The number of hydrogen-bond donors (Lipinski definition) is 5. The number of carbonyl (C=O) groups excluding carboxylic acids is 4. The summed E-state index contributed by atoms with van der Waals surface area (Å²) in [5.74, 6) is -3.63. The van der Waals surface area contributed by atoms with Crippen LogP contribution < -0.4 is 20.7 Å². The monoisotopic (exact) mass is 551 g/mol. The quantitative estimate of drug-likeness (QED) is 0.229. The van der Waals surface area contributed by atoms with E-state index in [0.717, 1.165) is 17.3 Å². The summed E-state index contributed by atoms with van der Waals surface area (Å²) < 4.78 is 5.67. The average Bonchev–Trinajstić information content (AvgIpc) is 3.14. The minimum atomic E-state index is -1.88. The maximum absolute atomic E-state index is 12.9. The molecular weight excluding hydrogens is 514 g/mol. The van der Waals surface area contributed by atoms with Crippen molar-refractivity contribution in [1.82, 2.24) is 16.0 Å². The summed E-state index contributed by atoms with van der Waals surface area (Å²) >= 11 is 0.970. The third kappa shape index (κ3) is 9.32. The number of carboxylic acid groups (broad SMARTS) is 1. The molecule has 2 unspecified atom stereocenters. The molecule has 210 valence electrons. The Balaban J connectivity index is 1.89. The van der Waals surface area contributed by atoms with Crippen LogP contribution in [0.25, 0.3) is 0 Å². The van der Waals surface area contributed by atoms with E-state index in [9.17, 15) is 34.2 Å². The molecule has 0 bridgehead atoms. The van der Waals surface area contributed by atoms with Crippen LogP contribution in [-0.2, 0) is 25.6 Å². The van der Waals surface area contributed by atoms with Crippen LogP contribution in [0, 0.1) is 17.3 Å². The van der Waals surface area contributed by atoms with Gasteiger partial charge in [0.2, 0.25) is 17.7 Å². The minimum Gasteiger partial charge on any atom is -0.492 e. The van der Waals surface area contributed by atoms with Gasteiger partial charge in [0.05, 0.1) is 17.7 Å². The molecule has 1 heterocycles. The van der Waals surface area contributed by atoms with E-state index in [1.807, 2.05) is 13.8 Å². The Labute approximate surface area is 226 Å². The van der Waals surface area contributed by atoms with Crippen molar-refractivity contribution in [3.05, 3.63) is 29.8 Å². The van der Waals surface area contributed by atoms with Crippen molar-refractivity contribution < 1.29 is 38.9 Å². The molecule has 5 N–H and O–H groups in total. The molecule has 4 atom stereocenters. The predicted molar refractivity (Wildman–Crippen MR) is 142 cm³/mol. The van der Waals surface area contributed by atoms with Gasteiger partial charge in [0, 0.05) is 0 Å². The molecular formula is C26H37N3O8S. The van der Waals surface area contributed by atoms with Gasteiger partial charge >= 0.3 is 5.97 Å². The Morgan fingerprint density at radius 2 is 1.74 bits per heavy atom. The van der Waals surface area contributed by atoms with Crippen molar-refractivity contribution in [2.45, 2.75) is 64.9 Å². The maximum atomic E-state index is 12.9. The summed E-state index contributed by atoms with van der Waals surface area (Å²) in [6.07, 6.45) is -1.31. The van der Waals surface area contributed by atoms with Gasteiger partial charge in [-0.2, -0.15) is 0 Å². The zero-order chi connectivity index (χ0) is 28.6. The van der Waals surface area contributed by atoms with Gasteiger partial charge < -0.3 is 25.6 Å². The molecule has 1 aliphatic rings.